The summed E-state index contributed by atoms with van der Waals surface area (Å²) < 4.78 is 13.8. The number of nitrogens with one attached hydrogen (secondary N) is 5. The Labute approximate surface area is 321 Å². The molecule has 6 amide bonds. The van der Waals surface area contributed by atoms with Crippen molar-refractivity contribution in [3.8, 4) is 0 Å². The maximum Gasteiger partial charge on any atom is 0.271 e. The molecule has 55 heavy (non-hydrogen) atoms. The molecule has 1 aliphatic heterocycles. The summed E-state index contributed by atoms with van der Waals surface area (Å²) in [5.41, 5.74) is 1.97. The first kappa shape index (κ1) is 40.5. The second-order valence-corrected chi connectivity index (χ2v) is 14.8. The molecular formula is C38H46FN9O6S. The average molecular weight is 776 g/mol. The molecule has 15 nitrogen and oxygen atoms in total. The van der Waals surface area contributed by atoms with Crippen molar-refractivity contribution in [2.45, 2.75) is 71.1 Å². The maximum absolute atomic E-state index is 13.8. The van der Waals surface area contributed by atoms with Gasteiger partial charge < -0.3 is 36.1 Å². The fraction of sp³-hybridized carbons (Fsp3) is 0.421. The number of fused-ring (bicyclic) bond motifs is 3. The lowest BCUT2D eigenvalue weighted by Crippen LogP contribution is -2.57. The highest BCUT2D eigenvalue weighted by Crippen LogP contribution is 2.23. The Balaban J connectivity index is 1.42. The van der Waals surface area contributed by atoms with Crippen LogP contribution >= 0.6 is 11.3 Å². The molecule has 4 atom stereocenters. The van der Waals surface area contributed by atoms with Gasteiger partial charge in [-0.1, -0.05) is 44.2 Å². The second-order valence-electron chi connectivity index (χ2n) is 14.0. The molecule has 2 aromatic carbocycles. The van der Waals surface area contributed by atoms with Crippen LogP contribution in [0.25, 0.3) is 11.0 Å². The predicted octanol–water partition coefficient (Wildman–Crippen LogP) is 2.26. The van der Waals surface area contributed by atoms with Crippen LogP contribution in [0.4, 0.5) is 4.39 Å². The zero-order chi connectivity index (χ0) is 39.8. The summed E-state index contributed by atoms with van der Waals surface area (Å²) in [6.07, 6.45) is 0.462. The molecule has 3 heterocycles. The maximum atomic E-state index is 13.8. The van der Waals surface area contributed by atoms with Crippen molar-refractivity contribution < 1.29 is 33.2 Å². The Kier molecular flexibility index (Phi) is 13.3. The molecule has 2 aromatic heterocycles. The molecule has 5 N–H and O–H groups in total. The third kappa shape index (κ3) is 10.7. The number of carbonyl (C=O) groups is 6. The van der Waals surface area contributed by atoms with Crippen LogP contribution in [0, 0.1) is 11.7 Å². The highest BCUT2D eigenvalue weighted by Gasteiger charge is 2.31. The standard InChI is InChI=1S/C38H46FN9O6S/c1-21(2)33-36(53)41-23(4)38(54)47(5)15-16-48(32(50)14-13-30-42-26-12-11-25(39)18-27(26)43-30)19-31(49)44-28(17-24-9-7-6-8-10-24)37-45-29(20-55-37)35(52)40-22(3)34(51)46-33/h6-12,18,20-23,28,33H,13-17,19H2,1-5H3,(H,40,52)(H,41,53)(H,42,43)(H,44,49)(H,46,51)/t22-,23+,28-,33-/m0/s1. The van der Waals surface area contributed by atoms with Crippen molar-refractivity contribution in [1.29, 1.82) is 0 Å². The quantitative estimate of drug-likeness (QED) is 0.197. The number of thiazole rings is 1. The Morgan fingerprint density at radius 3 is 2.40 bits per heavy atom. The molecule has 0 fully saturated rings. The fourth-order valence-corrected chi connectivity index (χ4v) is 6.92. The zero-order valence-electron chi connectivity index (χ0n) is 31.4. The lowest BCUT2D eigenvalue weighted by atomic mass is 10.0. The minimum absolute atomic E-state index is 0.0199. The average Bonchev–Trinajstić information content (AvgIpc) is 3.81. The molecule has 2 bridgehead atoms. The van der Waals surface area contributed by atoms with E-state index in [0.717, 1.165) is 16.9 Å². The Bertz CT molecular complexity index is 2040. The highest BCUT2D eigenvalue weighted by molar-refractivity contribution is 7.09. The minimum Gasteiger partial charge on any atom is -0.345 e. The van der Waals surface area contributed by atoms with E-state index in [-0.39, 0.29) is 50.0 Å². The zero-order valence-corrected chi connectivity index (χ0v) is 32.2. The van der Waals surface area contributed by atoms with E-state index in [4.69, 9.17) is 0 Å². The van der Waals surface area contributed by atoms with Gasteiger partial charge >= 0.3 is 0 Å². The van der Waals surface area contributed by atoms with Crippen molar-refractivity contribution >= 4 is 57.8 Å². The van der Waals surface area contributed by atoms with Gasteiger partial charge in [0.15, 0.2) is 0 Å². The molecular weight excluding hydrogens is 730 g/mol. The SMILES string of the molecule is CC(C)[C@@H]1NC(=O)[C@H](C)NC(=O)c2csc(n2)[C@H](Cc2ccccc2)NC(=O)CN(C(=O)CCc2nc3ccc(F)cc3[nH]2)CCN(C)C(=O)[C@@H](C)NC1=O. The first-order chi connectivity index (χ1) is 26.2. The fourth-order valence-electron chi connectivity index (χ4n) is 6.07. The molecule has 0 spiro atoms. The van der Waals surface area contributed by atoms with Crippen LogP contribution in [0.1, 0.15) is 67.0 Å². The molecule has 5 rings (SSSR count). The summed E-state index contributed by atoms with van der Waals surface area (Å²) in [6.45, 7) is 6.13. The number of hydrogen-bond donors (Lipinski definition) is 5. The summed E-state index contributed by atoms with van der Waals surface area (Å²) in [5.74, 6) is -3.48. The van der Waals surface area contributed by atoms with Crippen molar-refractivity contribution in [3.63, 3.8) is 0 Å². The van der Waals surface area contributed by atoms with Gasteiger partial charge in [-0.25, -0.2) is 14.4 Å². The number of H-pyrrole nitrogens is 1. The van der Waals surface area contributed by atoms with Crippen LogP contribution in [-0.4, -0.2) is 105 Å². The molecule has 0 saturated heterocycles. The van der Waals surface area contributed by atoms with E-state index in [9.17, 15) is 33.2 Å². The number of benzene rings is 2. The molecule has 0 aliphatic carbocycles. The topological polar surface area (TPSA) is 199 Å². The first-order valence-corrected chi connectivity index (χ1v) is 18.9. The number of hydrogen-bond acceptors (Lipinski definition) is 9. The van der Waals surface area contributed by atoms with Crippen molar-refractivity contribution in [2.75, 3.05) is 26.7 Å². The van der Waals surface area contributed by atoms with Crippen LogP contribution < -0.4 is 21.3 Å². The van der Waals surface area contributed by atoms with Gasteiger partial charge in [0.2, 0.25) is 29.5 Å². The third-order valence-corrected chi connectivity index (χ3v) is 10.2. The van der Waals surface area contributed by atoms with Crippen molar-refractivity contribution in [2.24, 2.45) is 5.92 Å². The minimum atomic E-state index is -1.04. The van der Waals surface area contributed by atoms with Crippen LogP contribution in [0.3, 0.4) is 0 Å². The number of aromatic amines is 1. The number of likely N-dealkylation sites (N-methyl/N-ethyl adjacent to an activating group) is 1. The van der Waals surface area contributed by atoms with E-state index in [1.54, 1.807) is 13.8 Å². The molecule has 292 valence electrons. The number of imidazole rings is 1. The van der Waals surface area contributed by atoms with E-state index in [1.165, 1.54) is 54.3 Å². The normalized spacial score (nSPS) is 21.1. The second kappa shape index (κ2) is 18.1. The van der Waals surface area contributed by atoms with Crippen LogP contribution in [-0.2, 0) is 36.8 Å². The molecule has 17 heteroatoms. The van der Waals surface area contributed by atoms with Gasteiger partial charge in [-0.05, 0) is 49.9 Å². The predicted molar refractivity (Wildman–Crippen MR) is 203 cm³/mol. The molecule has 0 radical (unpaired) electrons. The molecule has 0 saturated carbocycles. The smallest absolute Gasteiger partial charge is 0.271 e. The molecule has 0 unspecified atom stereocenters. The van der Waals surface area contributed by atoms with Gasteiger partial charge in [0.05, 0.1) is 23.6 Å². The summed E-state index contributed by atoms with van der Waals surface area (Å²) >= 11 is 1.16. The monoisotopic (exact) mass is 775 g/mol. The lowest BCUT2D eigenvalue weighted by molar-refractivity contribution is -0.139. The third-order valence-electron chi connectivity index (χ3n) is 9.22. The van der Waals surface area contributed by atoms with Crippen molar-refractivity contribution in [1.82, 2.24) is 46.0 Å². The van der Waals surface area contributed by atoms with Gasteiger partial charge in [0.1, 0.15) is 40.5 Å². The van der Waals surface area contributed by atoms with E-state index in [1.807, 2.05) is 30.3 Å². The number of nitrogens with zero attached hydrogens (tertiary/aromatic N) is 4. The van der Waals surface area contributed by atoms with Crippen molar-refractivity contribution in [3.05, 3.63) is 81.8 Å². The van der Waals surface area contributed by atoms with E-state index in [2.05, 4.69) is 36.2 Å². The van der Waals surface area contributed by atoms with Crippen LogP contribution in [0.5, 0.6) is 0 Å². The van der Waals surface area contributed by atoms with Crippen LogP contribution in [0.15, 0.2) is 53.9 Å². The lowest BCUT2D eigenvalue weighted by Gasteiger charge is -2.29. The van der Waals surface area contributed by atoms with Gasteiger partial charge in [-0.2, -0.15) is 0 Å². The number of halogens is 1. The van der Waals surface area contributed by atoms with Gasteiger partial charge in [0, 0.05) is 38.4 Å². The Hall–Kier alpha value is -5.71. The first-order valence-electron chi connectivity index (χ1n) is 18.1. The van der Waals surface area contributed by atoms with Gasteiger partial charge in [0.25, 0.3) is 5.91 Å². The van der Waals surface area contributed by atoms with Gasteiger partial charge in [-0.3, -0.25) is 28.8 Å². The Morgan fingerprint density at radius 2 is 1.67 bits per heavy atom. The summed E-state index contributed by atoms with van der Waals surface area (Å²) in [4.78, 5) is 95.4. The van der Waals surface area contributed by atoms with E-state index in [0.29, 0.717) is 28.3 Å². The summed E-state index contributed by atoms with van der Waals surface area (Å²) in [7, 11) is 1.53. The number of carbonyl (C=O) groups excluding carboxylic acids is 6. The number of amides is 6. The number of aromatic nitrogens is 3. The molecule has 1 aliphatic rings. The number of rotatable bonds is 6. The summed E-state index contributed by atoms with van der Waals surface area (Å²) in [6, 6.07) is 9.81. The summed E-state index contributed by atoms with van der Waals surface area (Å²) in [5, 5.41) is 12.9. The van der Waals surface area contributed by atoms with E-state index < -0.39 is 59.5 Å². The largest absolute Gasteiger partial charge is 0.345 e. The molecule has 4 aromatic rings. The number of aryl methyl sites for hydroxylation is 1. The van der Waals surface area contributed by atoms with Gasteiger partial charge in [-0.15, -0.1) is 11.3 Å². The Morgan fingerprint density at radius 1 is 0.927 bits per heavy atom. The highest BCUT2D eigenvalue weighted by atomic mass is 32.1. The van der Waals surface area contributed by atoms with Crippen LogP contribution in [0.2, 0.25) is 0 Å². The van der Waals surface area contributed by atoms with E-state index >= 15 is 0 Å².